The molecule has 0 radical (unpaired) electrons. The van der Waals surface area contributed by atoms with E-state index in [0.717, 1.165) is 24.5 Å². The number of nitrogens with one attached hydrogen (secondary N) is 1. The van der Waals surface area contributed by atoms with E-state index >= 15 is 0 Å². The van der Waals surface area contributed by atoms with E-state index in [-0.39, 0.29) is 16.9 Å². The number of non-ortho nitro benzene ring substituents is 1. The summed E-state index contributed by atoms with van der Waals surface area (Å²) in [5.74, 6) is 0.586. The van der Waals surface area contributed by atoms with E-state index in [1.54, 1.807) is 19.1 Å². The predicted molar refractivity (Wildman–Crippen MR) is 107 cm³/mol. The van der Waals surface area contributed by atoms with E-state index < -0.39 is 16.7 Å². The smallest absolute Gasteiger partial charge is 0.370 e. The van der Waals surface area contributed by atoms with Gasteiger partial charge in [-0.3, -0.25) is 10.1 Å². The summed E-state index contributed by atoms with van der Waals surface area (Å²) in [5.41, 5.74) is 1.28. The van der Waals surface area contributed by atoms with Gasteiger partial charge in [0.25, 0.3) is 5.69 Å². The van der Waals surface area contributed by atoms with Crippen LogP contribution in [0.15, 0.2) is 42.5 Å². The van der Waals surface area contributed by atoms with E-state index in [4.69, 9.17) is 0 Å². The van der Waals surface area contributed by atoms with Crippen molar-refractivity contribution in [3.8, 4) is 16.9 Å². The van der Waals surface area contributed by atoms with Gasteiger partial charge in [-0.05, 0) is 37.8 Å². The molecule has 0 aliphatic carbocycles. The van der Waals surface area contributed by atoms with E-state index in [2.05, 4.69) is 10.4 Å². The highest BCUT2D eigenvalue weighted by molar-refractivity contribution is 5.74. The molecule has 1 aliphatic rings. The molecule has 0 spiro atoms. The van der Waals surface area contributed by atoms with Crippen LogP contribution in [-0.4, -0.2) is 21.2 Å². The third kappa shape index (κ3) is 3.51. The Kier molecular flexibility index (Phi) is 4.97. The third-order valence-corrected chi connectivity index (χ3v) is 5.25. The van der Waals surface area contributed by atoms with Gasteiger partial charge in [-0.2, -0.15) is 18.3 Å². The molecule has 2 aromatic carbocycles. The molecule has 156 valence electrons. The lowest BCUT2D eigenvalue weighted by atomic mass is 9.99. The normalized spacial score (nSPS) is 14.0. The number of nitro benzene ring substituents is 1. The molecule has 6 nitrogen and oxygen atoms in total. The molecule has 0 fully saturated rings. The topological polar surface area (TPSA) is 73.0 Å². The quantitative estimate of drug-likeness (QED) is 0.451. The Morgan fingerprint density at radius 3 is 2.67 bits per heavy atom. The van der Waals surface area contributed by atoms with Gasteiger partial charge in [-0.15, -0.1) is 0 Å². The van der Waals surface area contributed by atoms with Gasteiger partial charge < -0.3 is 5.32 Å². The number of anilines is 1. The Morgan fingerprint density at radius 1 is 1.17 bits per heavy atom. The van der Waals surface area contributed by atoms with Crippen LogP contribution in [-0.2, 0) is 12.6 Å². The lowest BCUT2D eigenvalue weighted by Crippen LogP contribution is -2.09. The molecule has 1 aliphatic heterocycles. The highest BCUT2D eigenvalue weighted by Crippen LogP contribution is 2.41. The second-order valence-corrected chi connectivity index (χ2v) is 7.24. The molecule has 9 heteroatoms. The number of rotatable bonds is 3. The van der Waals surface area contributed by atoms with Crippen LogP contribution >= 0.6 is 0 Å². The fourth-order valence-electron chi connectivity index (χ4n) is 3.77. The standard InChI is InChI=1S/C21H19F3N4O2/c1-13-9-10-14(28(29)30)12-18(13)27-20-16(7-4-5-11-25-20)19(26-27)15-6-2-3-8-17(15)21(22,23)24/h2-3,6,8-10,12,25H,4-5,7,11H2,1H3. The second kappa shape index (κ2) is 7.47. The van der Waals surface area contributed by atoms with E-state index in [1.165, 1.54) is 28.9 Å². The monoisotopic (exact) mass is 416 g/mol. The summed E-state index contributed by atoms with van der Waals surface area (Å²) >= 11 is 0. The van der Waals surface area contributed by atoms with Crippen molar-refractivity contribution in [2.24, 2.45) is 0 Å². The van der Waals surface area contributed by atoms with Crippen LogP contribution in [0.4, 0.5) is 24.7 Å². The minimum Gasteiger partial charge on any atom is -0.370 e. The van der Waals surface area contributed by atoms with Crippen molar-refractivity contribution in [1.82, 2.24) is 9.78 Å². The number of aromatic nitrogens is 2. The lowest BCUT2D eigenvalue weighted by Gasteiger charge is -2.12. The Labute approximate surface area is 170 Å². The number of hydrogen-bond donors (Lipinski definition) is 1. The van der Waals surface area contributed by atoms with Crippen molar-refractivity contribution < 1.29 is 18.1 Å². The minimum atomic E-state index is -4.52. The first-order valence-corrected chi connectivity index (χ1v) is 9.55. The molecule has 2 heterocycles. The minimum absolute atomic E-state index is 0.00628. The van der Waals surface area contributed by atoms with Crippen molar-refractivity contribution in [1.29, 1.82) is 0 Å². The zero-order valence-electron chi connectivity index (χ0n) is 16.2. The Bertz CT molecular complexity index is 1120. The van der Waals surface area contributed by atoms with Gasteiger partial charge in [0, 0.05) is 29.8 Å². The largest absolute Gasteiger partial charge is 0.417 e. The van der Waals surface area contributed by atoms with Gasteiger partial charge in [0.2, 0.25) is 0 Å². The SMILES string of the molecule is Cc1ccc([N+](=O)[O-])cc1-n1nc(-c2ccccc2C(F)(F)F)c2c1NCCCC2. The van der Waals surface area contributed by atoms with Crippen LogP contribution in [0.3, 0.4) is 0 Å². The van der Waals surface area contributed by atoms with Crippen LogP contribution < -0.4 is 5.32 Å². The van der Waals surface area contributed by atoms with Gasteiger partial charge in [-0.1, -0.05) is 24.3 Å². The number of nitro groups is 1. The second-order valence-electron chi connectivity index (χ2n) is 7.24. The molecule has 0 amide bonds. The van der Waals surface area contributed by atoms with Gasteiger partial charge in [-0.25, -0.2) is 4.68 Å². The number of benzene rings is 2. The van der Waals surface area contributed by atoms with Crippen molar-refractivity contribution >= 4 is 11.5 Å². The molecule has 4 rings (SSSR count). The number of hydrogen-bond acceptors (Lipinski definition) is 4. The Balaban J connectivity index is 1.98. The molecule has 0 saturated heterocycles. The average molecular weight is 416 g/mol. The molecular formula is C21H19F3N4O2. The van der Waals surface area contributed by atoms with Crippen LogP contribution in [0.2, 0.25) is 0 Å². The molecular weight excluding hydrogens is 397 g/mol. The molecule has 0 saturated carbocycles. The molecule has 0 unspecified atom stereocenters. The lowest BCUT2D eigenvalue weighted by molar-refractivity contribution is -0.384. The summed E-state index contributed by atoms with van der Waals surface area (Å²) in [7, 11) is 0. The molecule has 1 N–H and O–H groups in total. The first kappa shape index (κ1) is 19.9. The van der Waals surface area contributed by atoms with Gasteiger partial charge in [0.05, 0.1) is 21.9 Å². The summed E-state index contributed by atoms with van der Waals surface area (Å²) in [6.45, 7) is 2.43. The van der Waals surface area contributed by atoms with E-state index in [1.807, 2.05) is 0 Å². The zero-order valence-corrected chi connectivity index (χ0v) is 16.2. The van der Waals surface area contributed by atoms with Crippen LogP contribution in [0.5, 0.6) is 0 Å². The molecule has 1 aromatic heterocycles. The maximum atomic E-state index is 13.7. The van der Waals surface area contributed by atoms with Crippen LogP contribution in [0.25, 0.3) is 16.9 Å². The van der Waals surface area contributed by atoms with Gasteiger partial charge in [0.15, 0.2) is 0 Å². The van der Waals surface area contributed by atoms with Crippen molar-refractivity contribution in [3.05, 3.63) is 69.3 Å². The fraction of sp³-hybridized carbons (Fsp3) is 0.286. The van der Waals surface area contributed by atoms with Gasteiger partial charge in [0.1, 0.15) is 5.82 Å². The van der Waals surface area contributed by atoms with E-state index in [9.17, 15) is 23.3 Å². The number of alkyl halides is 3. The van der Waals surface area contributed by atoms with Crippen molar-refractivity contribution in [2.75, 3.05) is 11.9 Å². The fourth-order valence-corrected chi connectivity index (χ4v) is 3.77. The average Bonchev–Trinajstić information content (AvgIpc) is 2.88. The summed E-state index contributed by atoms with van der Waals surface area (Å²) in [5, 5.41) is 19.1. The summed E-state index contributed by atoms with van der Waals surface area (Å²) in [6, 6.07) is 9.78. The van der Waals surface area contributed by atoms with E-state index in [0.29, 0.717) is 30.0 Å². The summed E-state index contributed by atoms with van der Waals surface area (Å²) in [6.07, 6.45) is -2.28. The Morgan fingerprint density at radius 2 is 1.93 bits per heavy atom. The predicted octanol–water partition coefficient (Wildman–Crippen LogP) is 5.52. The molecule has 3 aromatic rings. The zero-order chi connectivity index (χ0) is 21.5. The summed E-state index contributed by atoms with van der Waals surface area (Å²) < 4.78 is 42.5. The molecule has 0 atom stereocenters. The van der Waals surface area contributed by atoms with Gasteiger partial charge >= 0.3 is 6.18 Å². The van der Waals surface area contributed by atoms with Crippen molar-refractivity contribution in [2.45, 2.75) is 32.4 Å². The number of halogens is 3. The Hall–Kier alpha value is -3.36. The number of fused-ring (bicyclic) bond motifs is 1. The number of aryl methyl sites for hydroxylation is 1. The number of nitrogens with zero attached hydrogens (tertiary/aromatic N) is 3. The first-order chi connectivity index (χ1) is 14.3. The highest BCUT2D eigenvalue weighted by Gasteiger charge is 2.35. The maximum absolute atomic E-state index is 13.7. The molecule has 0 bridgehead atoms. The molecule has 30 heavy (non-hydrogen) atoms. The first-order valence-electron chi connectivity index (χ1n) is 9.55. The van der Waals surface area contributed by atoms with Crippen LogP contribution in [0.1, 0.15) is 29.5 Å². The van der Waals surface area contributed by atoms with Crippen molar-refractivity contribution in [3.63, 3.8) is 0 Å². The summed E-state index contributed by atoms with van der Waals surface area (Å²) in [4.78, 5) is 10.8. The maximum Gasteiger partial charge on any atom is 0.417 e. The highest BCUT2D eigenvalue weighted by atomic mass is 19.4. The third-order valence-electron chi connectivity index (χ3n) is 5.25. The van der Waals surface area contributed by atoms with Crippen LogP contribution in [0, 0.1) is 17.0 Å².